The zero-order valence-electron chi connectivity index (χ0n) is 18.5. The number of rotatable bonds is 7. The second-order valence-electron chi connectivity index (χ2n) is 7.80. The number of anilines is 2. The van der Waals surface area contributed by atoms with Crippen LogP contribution in [-0.4, -0.2) is 66.9 Å². The number of hydrogen-bond acceptors (Lipinski definition) is 7. The normalized spacial score (nSPS) is 15.3. The minimum atomic E-state index is -3.48. The van der Waals surface area contributed by atoms with Crippen LogP contribution >= 0.6 is 0 Å². The topological polar surface area (TPSA) is 82.5 Å². The van der Waals surface area contributed by atoms with Crippen molar-refractivity contribution in [3.8, 4) is 0 Å². The third kappa shape index (κ3) is 4.73. The van der Waals surface area contributed by atoms with Crippen LogP contribution in [0.4, 0.5) is 11.6 Å². The van der Waals surface area contributed by atoms with Crippen molar-refractivity contribution in [2.75, 3.05) is 49.1 Å². The van der Waals surface area contributed by atoms with Gasteiger partial charge in [0.05, 0.1) is 0 Å². The maximum atomic E-state index is 12.6. The highest BCUT2D eigenvalue weighted by atomic mass is 32.2. The molecule has 0 aromatic carbocycles. The summed E-state index contributed by atoms with van der Waals surface area (Å²) in [6, 6.07) is 5.50. The Labute approximate surface area is 180 Å². The minimum Gasteiger partial charge on any atom is -0.353 e. The van der Waals surface area contributed by atoms with Gasteiger partial charge in [-0.1, -0.05) is 27.7 Å². The Bertz CT molecular complexity index is 950. The standard InChI is InChI=1S/C21H32N6O2S/c1-6-27(7-2)30(28,29)18-8-9-19(22-15-18)25-10-12-26(13-11-25)20-14-17(5)23-21(24-20)16(3)4/h8-9,14-16H,6-7,10-13H2,1-5H3. The molecule has 1 aliphatic heterocycles. The van der Waals surface area contributed by atoms with Gasteiger partial charge in [0.2, 0.25) is 10.0 Å². The van der Waals surface area contributed by atoms with Crippen LogP contribution in [0.2, 0.25) is 0 Å². The molecule has 0 bridgehead atoms. The van der Waals surface area contributed by atoms with Crippen LogP contribution in [0.1, 0.15) is 45.1 Å². The van der Waals surface area contributed by atoms with Crippen LogP contribution in [0.3, 0.4) is 0 Å². The van der Waals surface area contributed by atoms with Gasteiger partial charge in [-0.05, 0) is 19.1 Å². The highest BCUT2D eigenvalue weighted by Gasteiger charge is 2.24. The quantitative estimate of drug-likeness (QED) is 0.665. The monoisotopic (exact) mass is 432 g/mol. The van der Waals surface area contributed by atoms with Gasteiger partial charge < -0.3 is 9.80 Å². The fourth-order valence-corrected chi connectivity index (χ4v) is 4.99. The van der Waals surface area contributed by atoms with Crippen molar-refractivity contribution in [3.63, 3.8) is 0 Å². The smallest absolute Gasteiger partial charge is 0.244 e. The molecule has 0 atom stereocenters. The average Bonchev–Trinajstić information content (AvgIpc) is 2.74. The third-order valence-electron chi connectivity index (χ3n) is 5.37. The van der Waals surface area contributed by atoms with Crippen molar-refractivity contribution in [2.24, 2.45) is 0 Å². The number of aromatic nitrogens is 3. The van der Waals surface area contributed by atoms with E-state index in [1.165, 1.54) is 10.5 Å². The first-order valence-corrected chi connectivity index (χ1v) is 12.0. The molecule has 0 amide bonds. The number of aryl methyl sites for hydroxylation is 1. The fraction of sp³-hybridized carbons (Fsp3) is 0.571. The molecule has 0 unspecified atom stereocenters. The maximum Gasteiger partial charge on any atom is 0.244 e. The minimum absolute atomic E-state index is 0.242. The van der Waals surface area contributed by atoms with Crippen molar-refractivity contribution >= 4 is 21.7 Å². The molecule has 0 saturated carbocycles. The maximum absolute atomic E-state index is 12.6. The predicted octanol–water partition coefficient (Wildman–Crippen LogP) is 2.66. The van der Waals surface area contributed by atoms with Gasteiger partial charge >= 0.3 is 0 Å². The fourth-order valence-electron chi connectivity index (χ4n) is 3.58. The molecule has 0 aliphatic carbocycles. The largest absolute Gasteiger partial charge is 0.353 e. The van der Waals surface area contributed by atoms with Crippen molar-refractivity contribution in [2.45, 2.75) is 45.4 Å². The molecule has 2 aromatic heterocycles. The molecule has 30 heavy (non-hydrogen) atoms. The lowest BCUT2D eigenvalue weighted by atomic mass is 10.2. The Morgan fingerprint density at radius 1 is 1.00 bits per heavy atom. The van der Waals surface area contributed by atoms with Crippen LogP contribution in [0, 0.1) is 6.92 Å². The molecule has 1 fully saturated rings. The van der Waals surface area contributed by atoms with Crippen LogP contribution in [0.15, 0.2) is 29.3 Å². The molecule has 9 heteroatoms. The molecule has 1 aliphatic rings. The van der Waals surface area contributed by atoms with E-state index in [1.807, 2.05) is 26.8 Å². The van der Waals surface area contributed by atoms with Gasteiger partial charge in [0.25, 0.3) is 0 Å². The van der Waals surface area contributed by atoms with Crippen molar-refractivity contribution < 1.29 is 8.42 Å². The summed E-state index contributed by atoms with van der Waals surface area (Å²) in [5.74, 6) is 2.94. The average molecular weight is 433 g/mol. The van der Waals surface area contributed by atoms with Crippen molar-refractivity contribution in [3.05, 3.63) is 35.9 Å². The molecular weight excluding hydrogens is 400 g/mol. The van der Waals surface area contributed by atoms with E-state index in [2.05, 4.69) is 33.6 Å². The Morgan fingerprint density at radius 2 is 1.60 bits per heavy atom. The summed E-state index contributed by atoms with van der Waals surface area (Å²) in [6.07, 6.45) is 1.47. The lowest BCUT2D eigenvalue weighted by Crippen LogP contribution is -2.47. The van der Waals surface area contributed by atoms with E-state index in [0.717, 1.165) is 49.3 Å². The summed E-state index contributed by atoms with van der Waals surface area (Å²) in [5, 5.41) is 0. The second-order valence-corrected chi connectivity index (χ2v) is 9.73. The van der Waals surface area contributed by atoms with Gasteiger partial charge in [0, 0.05) is 63.1 Å². The van der Waals surface area contributed by atoms with Gasteiger partial charge in [-0.25, -0.2) is 23.4 Å². The van der Waals surface area contributed by atoms with E-state index in [4.69, 9.17) is 4.98 Å². The summed E-state index contributed by atoms with van der Waals surface area (Å²) in [4.78, 5) is 18.4. The summed E-state index contributed by atoms with van der Waals surface area (Å²) >= 11 is 0. The van der Waals surface area contributed by atoms with Crippen LogP contribution < -0.4 is 9.80 Å². The Morgan fingerprint density at radius 3 is 2.10 bits per heavy atom. The first kappa shape index (κ1) is 22.4. The number of pyridine rings is 1. The second kappa shape index (κ2) is 9.26. The summed E-state index contributed by atoms with van der Waals surface area (Å²) < 4.78 is 26.7. The Kier molecular flexibility index (Phi) is 6.92. The zero-order valence-corrected chi connectivity index (χ0v) is 19.4. The molecule has 1 saturated heterocycles. The molecule has 0 N–H and O–H groups in total. The Hall–Kier alpha value is -2.26. The molecule has 3 heterocycles. The molecule has 164 valence electrons. The highest BCUT2D eigenvalue weighted by Crippen LogP contribution is 2.22. The molecule has 8 nitrogen and oxygen atoms in total. The van der Waals surface area contributed by atoms with Gasteiger partial charge in [-0.2, -0.15) is 4.31 Å². The SMILES string of the molecule is CCN(CC)S(=O)(=O)c1ccc(N2CCN(c3cc(C)nc(C(C)C)n3)CC2)nc1. The predicted molar refractivity (Wildman–Crippen MR) is 120 cm³/mol. The van der Waals surface area contributed by atoms with Gasteiger partial charge in [-0.15, -0.1) is 0 Å². The van der Waals surface area contributed by atoms with Crippen LogP contribution in [0.5, 0.6) is 0 Å². The summed E-state index contributed by atoms with van der Waals surface area (Å²) in [7, 11) is -3.48. The molecule has 0 spiro atoms. The van der Waals surface area contributed by atoms with Crippen molar-refractivity contribution in [1.82, 2.24) is 19.3 Å². The lowest BCUT2D eigenvalue weighted by Gasteiger charge is -2.36. The van der Waals surface area contributed by atoms with E-state index in [0.29, 0.717) is 19.0 Å². The first-order valence-electron chi connectivity index (χ1n) is 10.6. The molecule has 0 radical (unpaired) electrons. The first-order chi connectivity index (χ1) is 14.3. The third-order valence-corrected chi connectivity index (χ3v) is 7.40. The highest BCUT2D eigenvalue weighted by molar-refractivity contribution is 7.89. The van der Waals surface area contributed by atoms with Gasteiger partial charge in [0.15, 0.2) is 0 Å². The molecular formula is C21H32N6O2S. The van der Waals surface area contributed by atoms with Gasteiger partial charge in [-0.3, -0.25) is 0 Å². The van der Waals surface area contributed by atoms with Crippen LogP contribution in [0.25, 0.3) is 0 Å². The van der Waals surface area contributed by atoms with Crippen LogP contribution in [-0.2, 0) is 10.0 Å². The number of nitrogens with zero attached hydrogens (tertiary/aromatic N) is 6. The van der Waals surface area contributed by atoms with E-state index in [-0.39, 0.29) is 4.90 Å². The van der Waals surface area contributed by atoms with E-state index >= 15 is 0 Å². The number of piperazine rings is 1. The number of sulfonamides is 1. The van der Waals surface area contributed by atoms with Gasteiger partial charge in [0.1, 0.15) is 22.4 Å². The van der Waals surface area contributed by atoms with E-state index in [9.17, 15) is 8.42 Å². The summed E-state index contributed by atoms with van der Waals surface area (Å²) in [6.45, 7) is 14.0. The number of hydrogen-bond donors (Lipinski definition) is 0. The molecule has 2 aromatic rings. The molecule has 3 rings (SSSR count). The zero-order chi connectivity index (χ0) is 21.9. The van der Waals surface area contributed by atoms with E-state index in [1.54, 1.807) is 12.1 Å². The van der Waals surface area contributed by atoms with E-state index < -0.39 is 10.0 Å². The Balaban J connectivity index is 1.69. The van der Waals surface area contributed by atoms with Crippen molar-refractivity contribution in [1.29, 1.82) is 0 Å². The lowest BCUT2D eigenvalue weighted by molar-refractivity contribution is 0.445. The summed E-state index contributed by atoms with van der Waals surface area (Å²) in [5.41, 5.74) is 0.984.